The fourth-order valence-corrected chi connectivity index (χ4v) is 3.93. The Hall–Kier alpha value is -1.97. The molecule has 0 radical (unpaired) electrons. The quantitative estimate of drug-likeness (QED) is 0.666. The van der Waals surface area contributed by atoms with E-state index in [1.807, 2.05) is 45.9 Å². The monoisotopic (exact) mass is 393 g/mol. The molecule has 9 heteroatoms. The molecule has 0 fully saturated rings. The molecule has 2 amide bonds. The Morgan fingerprint density at radius 3 is 2.58 bits per heavy atom. The Morgan fingerprint density at radius 1 is 1.27 bits per heavy atom. The summed E-state index contributed by atoms with van der Waals surface area (Å²) >= 11 is 3.07. The lowest BCUT2D eigenvalue weighted by molar-refractivity contribution is -0.125. The van der Waals surface area contributed by atoms with Crippen LogP contribution < -0.4 is 16.4 Å². The molecule has 0 saturated carbocycles. The summed E-state index contributed by atoms with van der Waals surface area (Å²) in [7, 11) is 0. The van der Waals surface area contributed by atoms with Crippen molar-refractivity contribution >= 4 is 40.6 Å². The van der Waals surface area contributed by atoms with E-state index in [0.29, 0.717) is 5.69 Å². The largest absolute Gasteiger partial charge is 0.346 e. The van der Waals surface area contributed by atoms with E-state index in [0.717, 1.165) is 19.8 Å². The summed E-state index contributed by atoms with van der Waals surface area (Å²) in [5.74, 6) is -0.606. The first-order valence-corrected chi connectivity index (χ1v) is 9.81. The molecule has 0 spiro atoms. The van der Waals surface area contributed by atoms with Gasteiger partial charge in [0.25, 0.3) is 0 Å². The molecule has 26 heavy (non-hydrogen) atoms. The summed E-state index contributed by atoms with van der Waals surface area (Å²) in [5, 5.41) is 14.4. The lowest BCUT2D eigenvalue weighted by Gasteiger charge is -2.15. The SMILES string of the molecule is Cc1nnc(Sc2ccc(NC(=O)CNC(=O)[C@@H](N)C(C)C)c(C)c2)s1. The minimum atomic E-state index is -0.621. The van der Waals surface area contributed by atoms with E-state index in [1.165, 1.54) is 23.1 Å². The van der Waals surface area contributed by atoms with Crippen molar-refractivity contribution in [2.45, 2.75) is 43.0 Å². The van der Waals surface area contributed by atoms with Gasteiger partial charge in [-0.15, -0.1) is 10.2 Å². The zero-order chi connectivity index (χ0) is 19.3. The van der Waals surface area contributed by atoms with Gasteiger partial charge >= 0.3 is 0 Å². The van der Waals surface area contributed by atoms with E-state index in [-0.39, 0.29) is 24.3 Å². The number of benzene rings is 1. The van der Waals surface area contributed by atoms with Crippen LogP contribution in [-0.4, -0.2) is 34.6 Å². The van der Waals surface area contributed by atoms with Crippen molar-refractivity contribution in [1.29, 1.82) is 0 Å². The molecule has 1 aromatic heterocycles. The van der Waals surface area contributed by atoms with Crippen molar-refractivity contribution < 1.29 is 9.59 Å². The molecule has 2 rings (SSSR count). The lowest BCUT2D eigenvalue weighted by atomic mass is 10.1. The molecule has 0 aliphatic rings. The van der Waals surface area contributed by atoms with Gasteiger partial charge in [-0.3, -0.25) is 9.59 Å². The number of hydrogen-bond donors (Lipinski definition) is 3. The minimum absolute atomic E-state index is 0.0159. The number of amides is 2. The van der Waals surface area contributed by atoms with E-state index in [2.05, 4.69) is 20.8 Å². The molecule has 1 aromatic carbocycles. The van der Waals surface area contributed by atoms with Crippen LogP contribution >= 0.6 is 23.1 Å². The first-order chi connectivity index (χ1) is 12.3. The number of nitrogens with two attached hydrogens (primary N) is 1. The highest BCUT2D eigenvalue weighted by Gasteiger charge is 2.17. The topological polar surface area (TPSA) is 110 Å². The van der Waals surface area contributed by atoms with Gasteiger partial charge in [0.05, 0.1) is 12.6 Å². The van der Waals surface area contributed by atoms with Crippen LogP contribution in [-0.2, 0) is 9.59 Å². The molecule has 2 aromatic rings. The van der Waals surface area contributed by atoms with Crippen LogP contribution in [0.3, 0.4) is 0 Å². The van der Waals surface area contributed by atoms with Gasteiger partial charge in [0, 0.05) is 10.6 Å². The van der Waals surface area contributed by atoms with Crippen LogP contribution in [0.5, 0.6) is 0 Å². The Morgan fingerprint density at radius 2 is 2.00 bits per heavy atom. The summed E-state index contributed by atoms with van der Waals surface area (Å²) in [6, 6.07) is 5.11. The zero-order valence-corrected chi connectivity index (χ0v) is 16.8. The Balaban J connectivity index is 1.91. The number of nitrogens with zero attached hydrogens (tertiary/aromatic N) is 2. The minimum Gasteiger partial charge on any atom is -0.346 e. The molecule has 0 aliphatic heterocycles. The van der Waals surface area contributed by atoms with Gasteiger partial charge in [-0.1, -0.05) is 36.9 Å². The second-order valence-electron chi connectivity index (χ2n) is 6.20. The fourth-order valence-electron chi connectivity index (χ4n) is 2.04. The average molecular weight is 394 g/mol. The second kappa shape index (κ2) is 9.11. The molecule has 0 bridgehead atoms. The second-order valence-corrected chi connectivity index (χ2v) is 8.70. The smallest absolute Gasteiger partial charge is 0.243 e. The van der Waals surface area contributed by atoms with E-state index in [9.17, 15) is 9.59 Å². The van der Waals surface area contributed by atoms with Gasteiger partial charge < -0.3 is 16.4 Å². The molecular formula is C17H23N5O2S2. The summed E-state index contributed by atoms with van der Waals surface area (Å²) in [6.45, 7) is 7.43. The van der Waals surface area contributed by atoms with Gasteiger partial charge in [-0.05, 0) is 43.5 Å². The molecule has 4 N–H and O–H groups in total. The maximum absolute atomic E-state index is 12.1. The highest BCUT2D eigenvalue weighted by molar-refractivity contribution is 8.01. The molecule has 1 heterocycles. The van der Waals surface area contributed by atoms with Crippen molar-refractivity contribution in [3.05, 3.63) is 28.8 Å². The van der Waals surface area contributed by atoms with E-state index >= 15 is 0 Å². The number of aryl methyl sites for hydroxylation is 2. The molecule has 0 unspecified atom stereocenters. The first kappa shape index (κ1) is 20.3. The number of aromatic nitrogens is 2. The van der Waals surface area contributed by atoms with Crippen molar-refractivity contribution in [2.24, 2.45) is 11.7 Å². The van der Waals surface area contributed by atoms with Crippen molar-refractivity contribution in [3.8, 4) is 0 Å². The van der Waals surface area contributed by atoms with Crippen LogP contribution in [0.2, 0.25) is 0 Å². The summed E-state index contributed by atoms with van der Waals surface area (Å²) in [5.41, 5.74) is 7.38. The third-order valence-electron chi connectivity index (χ3n) is 3.63. The van der Waals surface area contributed by atoms with Crippen molar-refractivity contribution in [2.75, 3.05) is 11.9 Å². The van der Waals surface area contributed by atoms with Gasteiger partial charge in [0.2, 0.25) is 11.8 Å². The van der Waals surface area contributed by atoms with Crippen molar-refractivity contribution in [1.82, 2.24) is 15.5 Å². The van der Waals surface area contributed by atoms with E-state index in [4.69, 9.17) is 5.73 Å². The maximum atomic E-state index is 12.1. The third-order valence-corrected chi connectivity index (χ3v) is 5.51. The average Bonchev–Trinajstić information content (AvgIpc) is 2.99. The molecule has 7 nitrogen and oxygen atoms in total. The van der Waals surface area contributed by atoms with Crippen molar-refractivity contribution in [3.63, 3.8) is 0 Å². The number of carbonyl (C=O) groups excluding carboxylic acids is 2. The van der Waals surface area contributed by atoms with Crippen LogP contribution in [0.1, 0.15) is 24.4 Å². The van der Waals surface area contributed by atoms with Crippen LogP contribution in [0, 0.1) is 19.8 Å². The summed E-state index contributed by atoms with van der Waals surface area (Å²) < 4.78 is 0.878. The first-order valence-electron chi connectivity index (χ1n) is 8.18. The normalized spacial score (nSPS) is 12.1. The molecule has 0 aliphatic carbocycles. The van der Waals surface area contributed by atoms with Crippen LogP contribution in [0.4, 0.5) is 5.69 Å². The maximum Gasteiger partial charge on any atom is 0.243 e. The highest BCUT2D eigenvalue weighted by atomic mass is 32.2. The van der Waals surface area contributed by atoms with E-state index < -0.39 is 6.04 Å². The lowest BCUT2D eigenvalue weighted by Crippen LogP contribution is -2.46. The number of rotatable bonds is 7. The summed E-state index contributed by atoms with van der Waals surface area (Å²) in [4.78, 5) is 24.9. The van der Waals surface area contributed by atoms with Gasteiger partial charge in [-0.2, -0.15) is 0 Å². The van der Waals surface area contributed by atoms with Gasteiger partial charge in [-0.25, -0.2) is 0 Å². The van der Waals surface area contributed by atoms with Crippen LogP contribution in [0.25, 0.3) is 0 Å². The molecule has 140 valence electrons. The summed E-state index contributed by atoms with van der Waals surface area (Å²) in [6.07, 6.45) is 0. The Bertz CT molecular complexity index is 791. The van der Waals surface area contributed by atoms with Crippen LogP contribution in [0.15, 0.2) is 27.4 Å². The standard InChI is InChI=1S/C17H23N5O2S2/c1-9(2)15(18)16(24)19-8-14(23)20-13-6-5-12(7-10(13)3)26-17-22-21-11(4)25-17/h5-7,9,15H,8,18H2,1-4H3,(H,19,24)(H,20,23)/t15-/m0/s1. The Labute approximate surface area is 161 Å². The number of carbonyl (C=O) groups is 2. The zero-order valence-electron chi connectivity index (χ0n) is 15.2. The highest BCUT2D eigenvalue weighted by Crippen LogP contribution is 2.32. The predicted octanol–water partition coefficient (Wildman–Crippen LogP) is 2.34. The molecular weight excluding hydrogens is 370 g/mol. The van der Waals surface area contributed by atoms with Gasteiger partial charge in [0.1, 0.15) is 5.01 Å². The third kappa shape index (κ3) is 5.79. The Kier molecular flexibility index (Phi) is 7.13. The fraction of sp³-hybridized carbons (Fsp3) is 0.412. The predicted molar refractivity (Wildman–Crippen MR) is 104 cm³/mol. The molecule has 1 atom stereocenters. The number of anilines is 1. The number of hydrogen-bond acceptors (Lipinski definition) is 7. The van der Waals surface area contributed by atoms with Gasteiger partial charge in [0.15, 0.2) is 4.34 Å². The number of nitrogens with one attached hydrogen (secondary N) is 2. The molecule has 0 saturated heterocycles. The van der Waals surface area contributed by atoms with E-state index in [1.54, 1.807) is 0 Å².